The van der Waals surface area contributed by atoms with Crippen molar-refractivity contribution >= 4 is 11.9 Å². The number of aryl methyl sites for hydroxylation is 1. The maximum Gasteiger partial charge on any atom is 0.326 e. The topological polar surface area (TPSA) is 62.5 Å². The number of nitrogens with zero attached hydrogens (tertiary/aromatic N) is 2. The minimum atomic E-state index is -0.906. The minimum Gasteiger partial charge on any atom is -0.480 e. The van der Waals surface area contributed by atoms with Gasteiger partial charge in [0.15, 0.2) is 0 Å². The van der Waals surface area contributed by atoms with Crippen molar-refractivity contribution in [1.29, 1.82) is 0 Å². The summed E-state index contributed by atoms with van der Waals surface area (Å²) in [4.78, 5) is 25.1. The number of carboxylic acids is 1. The molecule has 0 radical (unpaired) electrons. The second-order valence-electron chi connectivity index (χ2n) is 4.77. The average molecular weight is 250 g/mol. The molecule has 1 aromatic rings. The third kappa shape index (κ3) is 2.12. The van der Waals surface area contributed by atoms with E-state index in [2.05, 4.69) is 0 Å². The van der Waals surface area contributed by atoms with Crippen molar-refractivity contribution in [1.82, 2.24) is 9.47 Å². The van der Waals surface area contributed by atoms with Crippen LogP contribution in [-0.2, 0) is 11.8 Å². The highest BCUT2D eigenvalue weighted by Crippen LogP contribution is 2.21. The molecule has 0 aromatic carbocycles. The lowest BCUT2D eigenvalue weighted by molar-refractivity contribution is -0.143. The van der Waals surface area contributed by atoms with Crippen LogP contribution in [0.1, 0.15) is 35.3 Å². The SMILES string of the molecule is Cc1c(C(=O)N2CCCCC2C(=O)O)ccn1C. The number of aromatic nitrogens is 1. The van der Waals surface area contributed by atoms with Gasteiger partial charge in [0.1, 0.15) is 6.04 Å². The Balaban J connectivity index is 2.26. The molecule has 2 rings (SSSR count). The monoisotopic (exact) mass is 250 g/mol. The van der Waals surface area contributed by atoms with E-state index in [0.29, 0.717) is 18.5 Å². The maximum atomic E-state index is 12.4. The number of hydrogen-bond acceptors (Lipinski definition) is 2. The molecule has 5 heteroatoms. The fraction of sp³-hybridized carbons (Fsp3) is 0.538. The molecule has 5 nitrogen and oxygen atoms in total. The van der Waals surface area contributed by atoms with Crippen molar-refractivity contribution in [2.75, 3.05) is 6.54 Å². The number of hydrogen-bond donors (Lipinski definition) is 1. The summed E-state index contributed by atoms with van der Waals surface area (Å²) >= 11 is 0. The molecule has 0 bridgehead atoms. The highest BCUT2D eigenvalue weighted by Gasteiger charge is 2.33. The number of carbonyl (C=O) groups excluding carboxylic acids is 1. The molecule has 0 saturated carbocycles. The molecule has 1 saturated heterocycles. The Hall–Kier alpha value is -1.78. The summed E-state index contributed by atoms with van der Waals surface area (Å²) in [6.45, 7) is 2.40. The molecule has 98 valence electrons. The van der Waals surface area contributed by atoms with E-state index < -0.39 is 12.0 Å². The largest absolute Gasteiger partial charge is 0.480 e. The fourth-order valence-electron chi connectivity index (χ4n) is 2.42. The average Bonchev–Trinajstić information content (AvgIpc) is 2.69. The Labute approximate surface area is 106 Å². The molecule has 1 aliphatic rings. The number of carboxylic acid groups (broad SMARTS) is 1. The number of piperidine rings is 1. The molecule has 1 aromatic heterocycles. The van der Waals surface area contributed by atoms with Gasteiger partial charge in [-0.2, -0.15) is 0 Å². The molecule has 0 aliphatic carbocycles. The van der Waals surface area contributed by atoms with Gasteiger partial charge in [0.25, 0.3) is 5.91 Å². The van der Waals surface area contributed by atoms with Crippen molar-refractivity contribution in [2.24, 2.45) is 7.05 Å². The van der Waals surface area contributed by atoms with Crippen LogP contribution in [0.4, 0.5) is 0 Å². The summed E-state index contributed by atoms with van der Waals surface area (Å²) < 4.78 is 1.87. The van der Waals surface area contributed by atoms with E-state index in [9.17, 15) is 14.7 Å². The second-order valence-corrected chi connectivity index (χ2v) is 4.77. The highest BCUT2D eigenvalue weighted by atomic mass is 16.4. The molecule has 1 aliphatic heterocycles. The molecule has 2 heterocycles. The van der Waals surface area contributed by atoms with E-state index in [4.69, 9.17) is 0 Å². The van der Waals surface area contributed by atoms with Gasteiger partial charge in [-0.25, -0.2) is 4.79 Å². The van der Waals surface area contributed by atoms with Gasteiger partial charge >= 0.3 is 5.97 Å². The molecule has 0 spiro atoms. The summed E-state index contributed by atoms with van der Waals surface area (Å²) in [6, 6.07) is 1.08. The lowest BCUT2D eigenvalue weighted by Gasteiger charge is -2.33. The van der Waals surface area contributed by atoms with Crippen LogP contribution < -0.4 is 0 Å². The van der Waals surface area contributed by atoms with Crippen LogP contribution in [0, 0.1) is 6.92 Å². The Kier molecular flexibility index (Phi) is 3.41. The normalized spacial score (nSPS) is 19.9. The zero-order valence-electron chi connectivity index (χ0n) is 10.7. The van der Waals surface area contributed by atoms with Gasteiger partial charge in [-0.15, -0.1) is 0 Å². The summed E-state index contributed by atoms with van der Waals surface area (Å²) in [6.07, 6.45) is 4.12. The molecule has 18 heavy (non-hydrogen) atoms. The lowest BCUT2D eigenvalue weighted by Crippen LogP contribution is -2.48. The van der Waals surface area contributed by atoms with Gasteiger partial charge in [-0.3, -0.25) is 4.79 Å². The summed E-state index contributed by atoms with van der Waals surface area (Å²) in [5, 5.41) is 9.18. The number of amides is 1. The van der Waals surface area contributed by atoms with Crippen LogP contribution >= 0.6 is 0 Å². The van der Waals surface area contributed by atoms with Gasteiger partial charge in [0.05, 0.1) is 5.56 Å². The summed E-state index contributed by atoms with van der Waals surface area (Å²) in [7, 11) is 1.87. The van der Waals surface area contributed by atoms with Crippen LogP contribution in [0.5, 0.6) is 0 Å². The van der Waals surface area contributed by atoms with E-state index in [1.807, 2.05) is 24.7 Å². The number of carbonyl (C=O) groups is 2. The molecule has 1 amide bonds. The van der Waals surface area contributed by atoms with Crippen LogP contribution in [-0.4, -0.2) is 39.0 Å². The van der Waals surface area contributed by atoms with E-state index in [0.717, 1.165) is 18.5 Å². The van der Waals surface area contributed by atoms with Gasteiger partial charge in [0, 0.05) is 25.5 Å². The molecule has 1 unspecified atom stereocenters. The molecule has 1 fully saturated rings. The van der Waals surface area contributed by atoms with Gasteiger partial charge in [-0.1, -0.05) is 0 Å². The second kappa shape index (κ2) is 4.84. The van der Waals surface area contributed by atoms with Crippen molar-refractivity contribution in [3.05, 3.63) is 23.5 Å². The first-order chi connectivity index (χ1) is 8.52. The number of aliphatic carboxylic acids is 1. The van der Waals surface area contributed by atoms with Crippen molar-refractivity contribution in [3.8, 4) is 0 Å². The van der Waals surface area contributed by atoms with Gasteiger partial charge in [-0.05, 0) is 32.3 Å². The van der Waals surface area contributed by atoms with Gasteiger partial charge in [0.2, 0.25) is 0 Å². The van der Waals surface area contributed by atoms with Gasteiger partial charge < -0.3 is 14.6 Å². The smallest absolute Gasteiger partial charge is 0.326 e. The Morgan fingerprint density at radius 2 is 2.11 bits per heavy atom. The standard InChI is InChI=1S/C13H18N2O3/c1-9-10(6-8-14(9)2)12(16)15-7-4-3-5-11(15)13(17)18/h6,8,11H,3-5,7H2,1-2H3,(H,17,18). The third-order valence-electron chi connectivity index (χ3n) is 3.66. The highest BCUT2D eigenvalue weighted by molar-refractivity contribution is 5.97. The zero-order chi connectivity index (χ0) is 13.3. The fourth-order valence-corrected chi connectivity index (χ4v) is 2.42. The van der Waals surface area contributed by atoms with E-state index in [1.165, 1.54) is 4.90 Å². The summed E-state index contributed by atoms with van der Waals surface area (Å²) in [5.74, 6) is -1.07. The summed E-state index contributed by atoms with van der Waals surface area (Å²) in [5.41, 5.74) is 1.47. The van der Waals surface area contributed by atoms with Crippen molar-refractivity contribution in [3.63, 3.8) is 0 Å². The molecular weight excluding hydrogens is 232 g/mol. The lowest BCUT2D eigenvalue weighted by atomic mass is 10.0. The molecular formula is C13H18N2O3. The Morgan fingerprint density at radius 3 is 2.67 bits per heavy atom. The third-order valence-corrected chi connectivity index (χ3v) is 3.66. The first-order valence-corrected chi connectivity index (χ1v) is 6.18. The minimum absolute atomic E-state index is 0.166. The van der Waals surface area contributed by atoms with Crippen molar-refractivity contribution < 1.29 is 14.7 Å². The first-order valence-electron chi connectivity index (χ1n) is 6.18. The predicted octanol–water partition coefficient (Wildman–Crippen LogP) is 1.41. The zero-order valence-corrected chi connectivity index (χ0v) is 10.7. The first kappa shape index (κ1) is 12.7. The predicted molar refractivity (Wildman–Crippen MR) is 66.5 cm³/mol. The molecule has 1 N–H and O–H groups in total. The Morgan fingerprint density at radius 1 is 1.39 bits per heavy atom. The maximum absolute atomic E-state index is 12.4. The van der Waals surface area contributed by atoms with E-state index in [-0.39, 0.29) is 5.91 Å². The van der Waals surface area contributed by atoms with E-state index >= 15 is 0 Å². The van der Waals surface area contributed by atoms with Crippen LogP contribution in [0.25, 0.3) is 0 Å². The van der Waals surface area contributed by atoms with E-state index in [1.54, 1.807) is 6.07 Å². The number of rotatable bonds is 2. The van der Waals surface area contributed by atoms with Crippen LogP contribution in [0.15, 0.2) is 12.3 Å². The quantitative estimate of drug-likeness (QED) is 0.863. The molecule has 1 atom stereocenters. The van der Waals surface area contributed by atoms with Crippen LogP contribution in [0.3, 0.4) is 0 Å². The van der Waals surface area contributed by atoms with Crippen LogP contribution in [0.2, 0.25) is 0 Å². The van der Waals surface area contributed by atoms with Crippen molar-refractivity contribution in [2.45, 2.75) is 32.2 Å². The number of likely N-dealkylation sites (tertiary alicyclic amines) is 1. The Bertz CT molecular complexity index is 479.